The first kappa shape index (κ1) is 27.4. The zero-order chi connectivity index (χ0) is 27.1. The standard InChI is InChI=1S/C30H30N2O4S2/c1-4-35-26-17-23(11-13-25(26)36-19-28(33)31-24-12-10-20(2)16-21(24)3)18-27-29(34)32(30(37)38-27)15-14-22-8-6-5-7-9-22/h5-13,16-18H,4,14-15,19H2,1-3H3,(H,31,33)/b27-18-. The predicted molar refractivity (Wildman–Crippen MR) is 158 cm³/mol. The van der Waals surface area contributed by atoms with Crippen molar-refractivity contribution in [1.82, 2.24) is 4.90 Å². The van der Waals surface area contributed by atoms with E-state index in [-0.39, 0.29) is 18.4 Å². The summed E-state index contributed by atoms with van der Waals surface area (Å²) in [5.74, 6) is 0.593. The van der Waals surface area contributed by atoms with Gasteiger partial charge in [0.1, 0.15) is 4.32 Å². The van der Waals surface area contributed by atoms with Crippen LogP contribution in [0.15, 0.2) is 71.6 Å². The van der Waals surface area contributed by atoms with Crippen molar-refractivity contribution in [3.63, 3.8) is 0 Å². The minimum atomic E-state index is -0.261. The number of nitrogens with zero attached hydrogens (tertiary/aromatic N) is 1. The normalized spacial score (nSPS) is 14.2. The van der Waals surface area contributed by atoms with Crippen molar-refractivity contribution in [2.45, 2.75) is 27.2 Å². The van der Waals surface area contributed by atoms with E-state index >= 15 is 0 Å². The molecule has 0 bridgehead atoms. The highest BCUT2D eigenvalue weighted by atomic mass is 32.2. The summed E-state index contributed by atoms with van der Waals surface area (Å²) in [4.78, 5) is 27.7. The Kier molecular flexibility index (Phi) is 9.20. The van der Waals surface area contributed by atoms with Gasteiger partial charge in [-0.25, -0.2) is 0 Å². The molecule has 2 amide bonds. The molecule has 1 aliphatic rings. The Labute approximate surface area is 233 Å². The molecule has 0 aromatic heterocycles. The van der Waals surface area contributed by atoms with E-state index in [4.69, 9.17) is 21.7 Å². The van der Waals surface area contributed by atoms with Crippen molar-refractivity contribution in [3.8, 4) is 11.5 Å². The van der Waals surface area contributed by atoms with Crippen LogP contribution in [0.1, 0.15) is 29.2 Å². The number of nitrogens with one attached hydrogen (secondary N) is 1. The molecule has 0 aliphatic carbocycles. The number of rotatable bonds is 10. The number of anilines is 1. The van der Waals surface area contributed by atoms with Crippen LogP contribution in [0.2, 0.25) is 0 Å². The molecule has 1 aliphatic heterocycles. The predicted octanol–water partition coefficient (Wildman–Crippen LogP) is 6.16. The summed E-state index contributed by atoms with van der Waals surface area (Å²) in [6.07, 6.45) is 2.54. The number of carbonyl (C=O) groups is 2. The molecule has 3 aromatic carbocycles. The number of ether oxygens (including phenoxy) is 2. The van der Waals surface area contributed by atoms with E-state index in [9.17, 15) is 9.59 Å². The molecule has 1 heterocycles. The Bertz CT molecular complexity index is 1370. The summed E-state index contributed by atoms with van der Waals surface area (Å²) in [6, 6.07) is 21.3. The Morgan fingerprint density at radius 3 is 2.55 bits per heavy atom. The molecule has 0 radical (unpaired) electrons. The molecule has 0 unspecified atom stereocenters. The second-order valence-electron chi connectivity index (χ2n) is 8.86. The topological polar surface area (TPSA) is 67.9 Å². The fourth-order valence-corrected chi connectivity index (χ4v) is 5.32. The number of thiocarbonyl (C=S) groups is 1. The van der Waals surface area contributed by atoms with Crippen molar-refractivity contribution in [2.24, 2.45) is 0 Å². The van der Waals surface area contributed by atoms with Gasteiger partial charge in [0.2, 0.25) is 0 Å². The fraction of sp³-hybridized carbons (Fsp3) is 0.233. The highest BCUT2D eigenvalue weighted by Crippen LogP contribution is 2.35. The molecule has 3 aromatic rings. The number of carbonyl (C=O) groups excluding carboxylic acids is 2. The Hall–Kier alpha value is -3.62. The molecule has 0 spiro atoms. The third-order valence-electron chi connectivity index (χ3n) is 5.92. The Morgan fingerprint density at radius 2 is 1.82 bits per heavy atom. The lowest BCUT2D eigenvalue weighted by molar-refractivity contribution is -0.122. The summed E-state index contributed by atoms with van der Waals surface area (Å²) in [5.41, 5.74) is 4.82. The monoisotopic (exact) mass is 546 g/mol. The summed E-state index contributed by atoms with van der Waals surface area (Å²) >= 11 is 6.78. The maximum absolute atomic E-state index is 13.0. The molecule has 0 saturated carbocycles. The number of amides is 2. The van der Waals surface area contributed by atoms with Gasteiger partial charge < -0.3 is 14.8 Å². The third-order valence-corrected chi connectivity index (χ3v) is 7.30. The lowest BCUT2D eigenvalue weighted by Gasteiger charge is -2.14. The van der Waals surface area contributed by atoms with Crippen molar-refractivity contribution in [1.29, 1.82) is 0 Å². The Balaban J connectivity index is 1.41. The molecule has 8 heteroatoms. The van der Waals surface area contributed by atoms with Crippen LogP contribution in [0.4, 0.5) is 5.69 Å². The number of benzene rings is 3. The maximum Gasteiger partial charge on any atom is 0.266 e. The van der Waals surface area contributed by atoms with Gasteiger partial charge >= 0.3 is 0 Å². The second-order valence-corrected chi connectivity index (χ2v) is 10.5. The average Bonchev–Trinajstić information content (AvgIpc) is 3.16. The molecule has 38 heavy (non-hydrogen) atoms. The van der Waals surface area contributed by atoms with E-state index < -0.39 is 0 Å². The molecule has 4 rings (SSSR count). The zero-order valence-corrected chi connectivity index (χ0v) is 23.3. The lowest BCUT2D eigenvalue weighted by atomic mass is 10.1. The first-order valence-electron chi connectivity index (χ1n) is 12.4. The Morgan fingerprint density at radius 1 is 1.03 bits per heavy atom. The van der Waals surface area contributed by atoms with Gasteiger partial charge in [0, 0.05) is 12.2 Å². The van der Waals surface area contributed by atoms with Gasteiger partial charge in [0.15, 0.2) is 18.1 Å². The summed E-state index contributed by atoms with van der Waals surface area (Å²) in [5, 5.41) is 2.88. The average molecular weight is 547 g/mol. The van der Waals surface area contributed by atoms with Crippen LogP contribution in [-0.4, -0.2) is 40.8 Å². The van der Waals surface area contributed by atoms with Crippen LogP contribution >= 0.6 is 24.0 Å². The van der Waals surface area contributed by atoms with Crippen molar-refractivity contribution in [3.05, 3.63) is 93.9 Å². The zero-order valence-electron chi connectivity index (χ0n) is 21.7. The quantitative estimate of drug-likeness (QED) is 0.243. The van der Waals surface area contributed by atoms with Gasteiger partial charge in [0.05, 0.1) is 11.5 Å². The van der Waals surface area contributed by atoms with E-state index in [2.05, 4.69) is 5.32 Å². The van der Waals surface area contributed by atoms with Crippen LogP contribution in [0.25, 0.3) is 6.08 Å². The van der Waals surface area contributed by atoms with Crippen LogP contribution in [-0.2, 0) is 16.0 Å². The molecule has 1 fully saturated rings. The highest BCUT2D eigenvalue weighted by Gasteiger charge is 2.31. The highest BCUT2D eigenvalue weighted by molar-refractivity contribution is 8.26. The van der Waals surface area contributed by atoms with Crippen molar-refractivity contribution in [2.75, 3.05) is 25.1 Å². The van der Waals surface area contributed by atoms with E-state index in [0.29, 0.717) is 33.9 Å². The molecular weight excluding hydrogens is 516 g/mol. The summed E-state index contributed by atoms with van der Waals surface area (Å²) < 4.78 is 12.1. The van der Waals surface area contributed by atoms with Crippen molar-refractivity contribution < 1.29 is 19.1 Å². The molecule has 196 valence electrons. The third kappa shape index (κ3) is 7.02. The largest absolute Gasteiger partial charge is 0.490 e. The van der Waals surface area contributed by atoms with Gasteiger partial charge in [-0.05, 0) is 68.2 Å². The minimum absolute atomic E-state index is 0.0997. The first-order valence-corrected chi connectivity index (χ1v) is 13.6. The van der Waals surface area contributed by atoms with E-state index in [1.54, 1.807) is 23.1 Å². The smallest absolute Gasteiger partial charge is 0.266 e. The lowest BCUT2D eigenvalue weighted by Crippen LogP contribution is -2.30. The molecule has 0 atom stereocenters. The van der Waals surface area contributed by atoms with Crippen LogP contribution in [0.3, 0.4) is 0 Å². The van der Waals surface area contributed by atoms with Crippen LogP contribution in [0, 0.1) is 13.8 Å². The molecule has 6 nitrogen and oxygen atoms in total. The molecular formula is C30H30N2O4S2. The van der Waals surface area contributed by atoms with Crippen LogP contribution in [0.5, 0.6) is 11.5 Å². The SMILES string of the molecule is CCOc1cc(/C=C2\SC(=S)N(CCc3ccccc3)C2=O)ccc1OCC(=O)Nc1ccc(C)cc1C. The number of thioether (sulfide) groups is 1. The molecule has 1 saturated heterocycles. The van der Waals surface area contributed by atoms with E-state index in [1.807, 2.05) is 75.4 Å². The summed E-state index contributed by atoms with van der Waals surface area (Å²) in [7, 11) is 0. The first-order chi connectivity index (χ1) is 18.3. The maximum atomic E-state index is 13.0. The van der Waals surface area contributed by atoms with Crippen LogP contribution < -0.4 is 14.8 Å². The number of hydrogen-bond donors (Lipinski definition) is 1. The van der Waals surface area contributed by atoms with Gasteiger partial charge in [0.25, 0.3) is 11.8 Å². The van der Waals surface area contributed by atoms with Gasteiger partial charge in [-0.3, -0.25) is 14.5 Å². The number of aryl methyl sites for hydroxylation is 2. The van der Waals surface area contributed by atoms with Crippen molar-refractivity contribution >= 4 is 51.9 Å². The van der Waals surface area contributed by atoms with Gasteiger partial charge in [-0.1, -0.05) is 78.1 Å². The molecule has 1 N–H and O–H groups in total. The second kappa shape index (κ2) is 12.8. The fourth-order valence-electron chi connectivity index (χ4n) is 4.02. The van der Waals surface area contributed by atoms with E-state index in [1.165, 1.54) is 11.8 Å². The van der Waals surface area contributed by atoms with E-state index in [0.717, 1.165) is 34.4 Å². The van der Waals surface area contributed by atoms with Gasteiger partial charge in [-0.15, -0.1) is 0 Å². The number of hydrogen-bond acceptors (Lipinski definition) is 6. The van der Waals surface area contributed by atoms with Gasteiger partial charge in [-0.2, -0.15) is 0 Å². The summed E-state index contributed by atoms with van der Waals surface area (Å²) in [6.45, 7) is 6.64. The minimum Gasteiger partial charge on any atom is -0.490 e.